The Hall–Kier alpha value is -0.820. The Bertz CT molecular complexity index is 722. The summed E-state index contributed by atoms with van der Waals surface area (Å²) in [5.41, 5.74) is 0.256. The standard InChI is InChI=1S/C11H7BrCl2N2O2S/c12-7-3-9(6-15-5-7)19(17,18)16-11-2-1-8(13)4-10(11)14/h1-6,16H. The molecule has 0 aliphatic rings. The Morgan fingerprint density at radius 1 is 1.16 bits per heavy atom. The Morgan fingerprint density at radius 3 is 2.53 bits per heavy atom. The predicted molar refractivity (Wildman–Crippen MR) is 79.2 cm³/mol. The van der Waals surface area contributed by atoms with E-state index in [1.165, 1.54) is 30.6 Å². The molecular formula is C11H7BrCl2N2O2S. The van der Waals surface area contributed by atoms with Crippen molar-refractivity contribution in [2.45, 2.75) is 4.90 Å². The van der Waals surface area contributed by atoms with Crippen LogP contribution in [0.5, 0.6) is 0 Å². The van der Waals surface area contributed by atoms with Crippen molar-refractivity contribution >= 4 is 54.8 Å². The number of nitrogens with zero attached hydrogens (tertiary/aromatic N) is 1. The van der Waals surface area contributed by atoms with Gasteiger partial charge in [0, 0.05) is 21.9 Å². The monoisotopic (exact) mass is 380 g/mol. The van der Waals surface area contributed by atoms with E-state index in [0.717, 1.165) is 0 Å². The zero-order valence-electron chi connectivity index (χ0n) is 9.27. The summed E-state index contributed by atoms with van der Waals surface area (Å²) in [4.78, 5) is 3.84. The van der Waals surface area contributed by atoms with Crippen LogP contribution in [-0.2, 0) is 10.0 Å². The molecule has 100 valence electrons. The van der Waals surface area contributed by atoms with Crippen LogP contribution in [-0.4, -0.2) is 13.4 Å². The van der Waals surface area contributed by atoms with Crippen molar-refractivity contribution in [2.75, 3.05) is 4.72 Å². The van der Waals surface area contributed by atoms with E-state index in [-0.39, 0.29) is 15.6 Å². The van der Waals surface area contributed by atoms with Gasteiger partial charge in [-0.25, -0.2) is 8.42 Å². The molecule has 8 heteroatoms. The SMILES string of the molecule is O=S(=O)(Nc1ccc(Cl)cc1Cl)c1cncc(Br)c1. The average molecular weight is 382 g/mol. The maximum absolute atomic E-state index is 12.1. The minimum Gasteiger partial charge on any atom is -0.278 e. The molecule has 0 fully saturated rings. The third kappa shape index (κ3) is 3.60. The van der Waals surface area contributed by atoms with Crippen LogP contribution in [0.25, 0.3) is 0 Å². The molecule has 0 atom stereocenters. The van der Waals surface area contributed by atoms with Gasteiger partial charge in [0.1, 0.15) is 4.90 Å². The number of aromatic nitrogens is 1. The average Bonchev–Trinajstić information content (AvgIpc) is 2.33. The van der Waals surface area contributed by atoms with Gasteiger partial charge in [-0.2, -0.15) is 0 Å². The second-order valence-electron chi connectivity index (χ2n) is 3.57. The third-order valence-electron chi connectivity index (χ3n) is 2.17. The highest BCUT2D eigenvalue weighted by Gasteiger charge is 2.16. The molecule has 0 saturated carbocycles. The van der Waals surface area contributed by atoms with Crippen molar-refractivity contribution in [1.82, 2.24) is 4.98 Å². The van der Waals surface area contributed by atoms with Crippen molar-refractivity contribution in [2.24, 2.45) is 0 Å². The van der Waals surface area contributed by atoms with Crippen LogP contribution < -0.4 is 4.72 Å². The largest absolute Gasteiger partial charge is 0.278 e. The first-order valence-electron chi connectivity index (χ1n) is 4.97. The second kappa shape index (κ2) is 5.66. The minimum absolute atomic E-state index is 0.0351. The predicted octanol–water partition coefficient (Wildman–Crippen LogP) is 3.95. The minimum atomic E-state index is -3.74. The first-order chi connectivity index (χ1) is 8.88. The van der Waals surface area contributed by atoms with Gasteiger partial charge in [-0.3, -0.25) is 9.71 Å². The van der Waals surface area contributed by atoms with Crippen molar-refractivity contribution < 1.29 is 8.42 Å². The van der Waals surface area contributed by atoms with Crippen LogP contribution in [0.4, 0.5) is 5.69 Å². The Kier molecular flexibility index (Phi) is 4.35. The molecule has 4 nitrogen and oxygen atoms in total. The summed E-state index contributed by atoms with van der Waals surface area (Å²) in [6.45, 7) is 0. The molecule has 0 unspecified atom stereocenters. The van der Waals surface area contributed by atoms with Crippen LogP contribution in [0, 0.1) is 0 Å². The summed E-state index contributed by atoms with van der Waals surface area (Å²) >= 11 is 14.8. The van der Waals surface area contributed by atoms with Crippen LogP contribution in [0.2, 0.25) is 10.0 Å². The summed E-state index contributed by atoms with van der Waals surface area (Å²) in [7, 11) is -3.74. The van der Waals surface area contributed by atoms with Crippen LogP contribution in [0.1, 0.15) is 0 Å². The number of halogens is 3. The van der Waals surface area contributed by atoms with Crippen molar-refractivity contribution in [3.05, 3.63) is 51.2 Å². The fourth-order valence-corrected chi connectivity index (χ4v) is 3.41. The van der Waals surface area contributed by atoms with E-state index in [2.05, 4.69) is 25.6 Å². The molecule has 0 radical (unpaired) electrons. The molecule has 1 N–H and O–H groups in total. The van der Waals surface area contributed by atoms with Gasteiger partial charge < -0.3 is 0 Å². The Labute approximate surface area is 128 Å². The summed E-state index contributed by atoms with van der Waals surface area (Å²) in [5, 5.41) is 0.649. The van der Waals surface area contributed by atoms with Crippen molar-refractivity contribution in [1.29, 1.82) is 0 Å². The molecule has 0 aliphatic carbocycles. The molecule has 19 heavy (non-hydrogen) atoms. The van der Waals surface area contributed by atoms with Gasteiger partial charge in [-0.1, -0.05) is 23.2 Å². The lowest BCUT2D eigenvalue weighted by molar-refractivity contribution is 0.600. The van der Waals surface area contributed by atoms with E-state index < -0.39 is 10.0 Å². The molecule has 1 aromatic carbocycles. The van der Waals surface area contributed by atoms with E-state index in [0.29, 0.717) is 9.50 Å². The van der Waals surface area contributed by atoms with Gasteiger partial charge in [0.2, 0.25) is 0 Å². The van der Waals surface area contributed by atoms with Crippen molar-refractivity contribution in [3.63, 3.8) is 0 Å². The highest BCUT2D eigenvalue weighted by Crippen LogP contribution is 2.27. The number of sulfonamides is 1. The zero-order chi connectivity index (χ0) is 14.0. The lowest BCUT2D eigenvalue weighted by Crippen LogP contribution is -2.13. The molecule has 2 rings (SSSR count). The van der Waals surface area contributed by atoms with Crippen molar-refractivity contribution in [3.8, 4) is 0 Å². The number of anilines is 1. The fraction of sp³-hybridized carbons (Fsp3) is 0. The van der Waals surface area contributed by atoms with E-state index in [1.807, 2.05) is 0 Å². The molecule has 1 aromatic heterocycles. The molecule has 0 saturated heterocycles. The molecular weight excluding hydrogens is 375 g/mol. The Balaban J connectivity index is 2.36. The number of benzene rings is 1. The van der Waals surface area contributed by atoms with Gasteiger partial charge in [0.15, 0.2) is 0 Å². The number of pyridine rings is 1. The maximum atomic E-state index is 12.1. The lowest BCUT2D eigenvalue weighted by atomic mass is 10.3. The van der Waals surface area contributed by atoms with E-state index in [9.17, 15) is 8.42 Å². The second-order valence-corrected chi connectivity index (χ2v) is 7.01. The number of nitrogens with one attached hydrogen (secondary N) is 1. The normalized spacial score (nSPS) is 11.3. The first-order valence-corrected chi connectivity index (χ1v) is 8.00. The Morgan fingerprint density at radius 2 is 1.89 bits per heavy atom. The van der Waals surface area contributed by atoms with E-state index >= 15 is 0 Å². The first kappa shape index (κ1) is 14.6. The molecule has 0 spiro atoms. The summed E-state index contributed by atoms with van der Waals surface area (Å²) in [5.74, 6) is 0. The van der Waals surface area contributed by atoms with Crippen LogP contribution >= 0.6 is 39.1 Å². The molecule has 0 amide bonds. The molecule has 1 heterocycles. The van der Waals surface area contributed by atoms with Gasteiger partial charge in [0.25, 0.3) is 10.0 Å². The number of hydrogen-bond donors (Lipinski definition) is 1. The van der Waals surface area contributed by atoms with E-state index in [4.69, 9.17) is 23.2 Å². The van der Waals surface area contributed by atoms with Gasteiger partial charge in [0.05, 0.1) is 10.7 Å². The highest BCUT2D eigenvalue weighted by molar-refractivity contribution is 9.10. The third-order valence-corrected chi connectivity index (χ3v) is 4.48. The smallest absolute Gasteiger partial charge is 0.263 e. The highest BCUT2D eigenvalue weighted by atomic mass is 79.9. The van der Waals surface area contributed by atoms with Gasteiger partial charge >= 0.3 is 0 Å². The summed E-state index contributed by atoms with van der Waals surface area (Å²) in [6.07, 6.45) is 2.74. The van der Waals surface area contributed by atoms with Gasteiger partial charge in [-0.05, 0) is 40.2 Å². The van der Waals surface area contributed by atoms with E-state index in [1.54, 1.807) is 6.07 Å². The summed E-state index contributed by atoms with van der Waals surface area (Å²) in [6, 6.07) is 5.94. The maximum Gasteiger partial charge on any atom is 0.263 e. The molecule has 0 aliphatic heterocycles. The lowest BCUT2D eigenvalue weighted by Gasteiger charge is -2.09. The number of rotatable bonds is 3. The molecule has 2 aromatic rings. The molecule has 0 bridgehead atoms. The number of hydrogen-bond acceptors (Lipinski definition) is 3. The quantitative estimate of drug-likeness (QED) is 0.875. The van der Waals surface area contributed by atoms with Crippen LogP contribution in [0.15, 0.2) is 46.0 Å². The zero-order valence-corrected chi connectivity index (χ0v) is 13.2. The topological polar surface area (TPSA) is 59.1 Å². The van der Waals surface area contributed by atoms with Crippen LogP contribution in [0.3, 0.4) is 0 Å². The van der Waals surface area contributed by atoms with Gasteiger partial charge in [-0.15, -0.1) is 0 Å². The fourth-order valence-electron chi connectivity index (χ4n) is 1.32. The summed E-state index contributed by atoms with van der Waals surface area (Å²) < 4.78 is 27.2.